The van der Waals surface area contributed by atoms with Crippen molar-refractivity contribution < 1.29 is 14.3 Å². The van der Waals surface area contributed by atoms with Gasteiger partial charge in [0.25, 0.3) is 5.91 Å². The van der Waals surface area contributed by atoms with Gasteiger partial charge in [0.15, 0.2) is 6.61 Å². The summed E-state index contributed by atoms with van der Waals surface area (Å²) in [5, 5.41) is 3.98. The Hall–Kier alpha value is -2.82. The molecule has 2 aromatic carbocycles. The van der Waals surface area contributed by atoms with Gasteiger partial charge in [-0.3, -0.25) is 4.79 Å². The minimum Gasteiger partial charge on any atom is -0.493 e. The van der Waals surface area contributed by atoms with Crippen LogP contribution in [0.4, 0.5) is 0 Å². The number of amides is 1. The van der Waals surface area contributed by atoms with Crippen LogP contribution in [0.1, 0.15) is 37.8 Å². The lowest BCUT2D eigenvalue weighted by Crippen LogP contribution is -2.24. The van der Waals surface area contributed by atoms with Crippen molar-refractivity contribution in [2.45, 2.75) is 33.1 Å². The fraction of sp³-hybridized carbons (Fsp3) is 0.333. The molecule has 1 N–H and O–H groups in total. The molecule has 0 atom stereocenters. The second-order valence-corrected chi connectivity index (χ2v) is 5.86. The van der Waals surface area contributed by atoms with E-state index in [2.05, 4.69) is 17.5 Å². The molecule has 2 aromatic rings. The predicted octanol–water partition coefficient (Wildman–Crippen LogP) is 3.96. The molecule has 0 heterocycles. The van der Waals surface area contributed by atoms with Crippen molar-refractivity contribution in [3.05, 3.63) is 59.7 Å². The van der Waals surface area contributed by atoms with E-state index in [1.807, 2.05) is 55.5 Å². The third-order valence-electron chi connectivity index (χ3n) is 3.61. The molecule has 0 aliphatic carbocycles. The fourth-order valence-corrected chi connectivity index (χ4v) is 2.33. The monoisotopic (exact) mass is 354 g/mol. The molecular weight excluding hydrogens is 328 g/mol. The van der Waals surface area contributed by atoms with Gasteiger partial charge in [0.2, 0.25) is 0 Å². The molecule has 26 heavy (non-hydrogen) atoms. The van der Waals surface area contributed by atoms with Crippen molar-refractivity contribution in [3.63, 3.8) is 0 Å². The number of rotatable bonds is 10. The molecule has 0 aromatic heterocycles. The zero-order chi connectivity index (χ0) is 18.6. The molecule has 0 saturated carbocycles. The number of benzene rings is 2. The summed E-state index contributed by atoms with van der Waals surface area (Å²) in [4.78, 5) is 11.9. The van der Waals surface area contributed by atoms with E-state index >= 15 is 0 Å². The highest BCUT2D eigenvalue weighted by Crippen LogP contribution is 2.16. The zero-order valence-electron chi connectivity index (χ0n) is 15.4. The molecule has 0 unspecified atom stereocenters. The average Bonchev–Trinajstić information content (AvgIpc) is 2.67. The Morgan fingerprint density at radius 2 is 1.81 bits per heavy atom. The molecule has 5 nitrogen and oxygen atoms in total. The minimum absolute atomic E-state index is 0.0849. The first-order chi connectivity index (χ1) is 12.7. The lowest BCUT2D eigenvalue weighted by molar-refractivity contribution is -0.123. The highest BCUT2D eigenvalue weighted by molar-refractivity contribution is 5.85. The van der Waals surface area contributed by atoms with Crippen LogP contribution in [0.2, 0.25) is 0 Å². The second-order valence-electron chi connectivity index (χ2n) is 5.86. The maximum absolute atomic E-state index is 11.9. The first-order valence-electron chi connectivity index (χ1n) is 8.98. The molecule has 0 saturated heterocycles. The number of nitrogens with zero attached hydrogens (tertiary/aromatic N) is 1. The van der Waals surface area contributed by atoms with Gasteiger partial charge in [-0.2, -0.15) is 5.10 Å². The quantitative estimate of drug-likeness (QED) is 0.519. The number of para-hydroxylation sites is 1. The van der Waals surface area contributed by atoms with Crippen LogP contribution in [-0.2, 0) is 11.2 Å². The van der Waals surface area contributed by atoms with Gasteiger partial charge in [-0.05, 0) is 42.7 Å². The number of ether oxygens (including phenoxy) is 2. The number of hydrogen-bond acceptors (Lipinski definition) is 4. The van der Waals surface area contributed by atoms with E-state index in [0.29, 0.717) is 12.4 Å². The highest BCUT2D eigenvalue weighted by Gasteiger charge is 2.03. The molecule has 5 heteroatoms. The van der Waals surface area contributed by atoms with E-state index in [1.165, 1.54) is 5.56 Å². The molecule has 2 rings (SSSR count). The summed E-state index contributed by atoms with van der Waals surface area (Å²) in [6, 6.07) is 15.4. The zero-order valence-corrected chi connectivity index (χ0v) is 15.4. The van der Waals surface area contributed by atoms with E-state index in [-0.39, 0.29) is 12.5 Å². The van der Waals surface area contributed by atoms with Crippen LogP contribution < -0.4 is 14.9 Å². The Morgan fingerprint density at radius 3 is 2.54 bits per heavy atom. The number of hydrogen-bond donors (Lipinski definition) is 1. The summed E-state index contributed by atoms with van der Waals surface area (Å²) in [7, 11) is 0. The summed E-state index contributed by atoms with van der Waals surface area (Å²) in [5.41, 5.74) is 4.54. The molecule has 0 radical (unpaired) electrons. The molecule has 0 spiro atoms. The average molecular weight is 354 g/mol. The van der Waals surface area contributed by atoms with Gasteiger partial charge in [-0.25, -0.2) is 5.43 Å². The third kappa shape index (κ3) is 6.59. The van der Waals surface area contributed by atoms with E-state index in [1.54, 1.807) is 6.21 Å². The summed E-state index contributed by atoms with van der Waals surface area (Å²) in [5.74, 6) is 1.10. The Labute approximate surface area is 155 Å². The Bertz CT molecular complexity index is 711. The van der Waals surface area contributed by atoms with Crippen LogP contribution in [0.25, 0.3) is 0 Å². The Balaban J connectivity index is 1.80. The number of nitrogens with one attached hydrogen (secondary N) is 1. The number of carbonyl (C=O) groups excluding carboxylic acids is 1. The molecule has 138 valence electrons. The van der Waals surface area contributed by atoms with E-state index in [9.17, 15) is 4.79 Å². The largest absolute Gasteiger partial charge is 0.493 e. The maximum atomic E-state index is 11.9. The lowest BCUT2D eigenvalue weighted by Gasteiger charge is -2.07. The van der Waals surface area contributed by atoms with Gasteiger partial charge >= 0.3 is 0 Å². The summed E-state index contributed by atoms with van der Waals surface area (Å²) in [6.45, 7) is 4.75. The van der Waals surface area contributed by atoms with Gasteiger partial charge < -0.3 is 9.47 Å². The topological polar surface area (TPSA) is 59.9 Å². The van der Waals surface area contributed by atoms with Gasteiger partial charge in [-0.1, -0.05) is 44.5 Å². The van der Waals surface area contributed by atoms with Crippen LogP contribution in [0, 0.1) is 0 Å². The first kappa shape index (κ1) is 19.5. The molecule has 0 aliphatic heterocycles. The van der Waals surface area contributed by atoms with Gasteiger partial charge in [0.1, 0.15) is 11.5 Å². The number of carbonyl (C=O) groups is 1. The Morgan fingerprint density at radius 1 is 1.04 bits per heavy atom. The first-order valence-corrected chi connectivity index (χ1v) is 8.98. The number of aryl methyl sites for hydroxylation is 1. The lowest BCUT2D eigenvalue weighted by atomic mass is 10.1. The van der Waals surface area contributed by atoms with E-state index in [4.69, 9.17) is 9.47 Å². The summed E-state index contributed by atoms with van der Waals surface area (Å²) in [6.07, 6.45) is 4.65. The second kappa shape index (κ2) is 10.9. The standard InChI is InChI=1S/C21H26N2O3/c1-3-7-17-10-12-19(13-11-17)26-16-21(24)23-22-15-18-8-5-6-9-20(18)25-14-4-2/h5-6,8-13,15H,3-4,7,14,16H2,1-2H3,(H,23,24). The fourth-order valence-electron chi connectivity index (χ4n) is 2.33. The van der Waals surface area contributed by atoms with E-state index in [0.717, 1.165) is 30.6 Å². The highest BCUT2D eigenvalue weighted by atomic mass is 16.5. The number of hydrazone groups is 1. The predicted molar refractivity (Wildman–Crippen MR) is 104 cm³/mol. The molecule has 0 bridgehead atoms. The molecular formula is C21H26N2O3. The van der Waals surface area contributed by atoms with Crippen LogP contribution in [-0.4, -0.2) is 25.3 Å². The molecule has 0 aliphatic rings. The van der Waals surface area contributed by atoms with Crippen molar-refractivity contribution in [2.24, 2.45) is 5.10 Å². The van der Waals surface area contributed by atoms with Crippen molar-refractivity contribution in [2.75, 3.05) is 13.2 Å². The van der Waals surface area contributed by atoms with Crippen molar-refractivity contribution in [3.8, 4) is 11.5 Å². The normalized spacial score (nSPS) is 10.7. The third-order valence-corrected chi connectivity index (χ3v) is 3.61. The summed E-state index contributed by atoms with van der Waals surface area (Å²) < 4.78 is 11.1. The van der Waals surface area contributed by atoms with Crippen LogP contribution in [0.3, 0.4) is 0 Å². The van der Waals surface area contributed by atoms with Crippen molar-refractivity contribution >= 4 is 12.1 Å². The van der Waals surface area contributed by atoms with Crippen LogP contribution in [0.15, 0.2) is 53.6 Å². The smallest absolute Gasteiger partial charge is 0.277 e. The minimum atomic E-state index is -0.314. The molecule has 1 amide bonds. The Kier molecular flexibility index (Phi) is 8.19. The van der Waals surface area contributed by atoms with Crippen LogP contribution >= 0.6 is 0 Å². The SMILES string of the molecule is CCCOc1ccccc1C=NNC(=O)COc1ccc(CCC)cc1. The van der Waals surface area contributed by atoms with Gasteiger partial charge in [0, 0.05) is 5.56 Å². The van der Waals surface area contributed by atoms with Gasteiger partial charge in [-0.15, -0.1) is 0 Å². The van der Waals surface area contributed by atoms with Gasteiger partial charge in [0.05, 0.1) is 12.8 Å². The van der Waals surface area contributed by atoms with Crippen molar-refractivity contribution in [1.82, 2.24) is 5.43 Å². The maximum Gasteiger partial charge on any atom is 0.277 e. The summed E-state index contributed by atoms with van der Waals surface area (Å²) >= 11 is 0. The molecule has 0 fully saturated rings. The van der Waals surface area contributed by atoms with E-state index < -0.39 is 0 Å². The van der Waals surface area contributed by atoms with Crippen LogP contribution in [0.5, 0.6) is 11.5 Å². The van der Waals surface area contributed by atoms with Crippen molar-refractivity contribution in [1.29, 1.82) is 0 Å².